The molecule has 0 radical (unpaired) electrons. The number of hydrogen-bond donors (Lipinski definition) is 1. The molecular formula is C23H21N5O3. The van der Waals surface area contributed by atoms with Crippen molar-refractivity contribution in [2.45, 2.75) is 20.8 Å². The largest absolute Gasteiger partial charge is 0.465 e. The molecule has 0 fully saturated rings. The average molecular weight is 415 g/mol. The van der Waals surface area contributed by atoms with Gasteiger partial charge in [-0.2, -0.15) is 5.10 Å². The number of aromatic nitrogens is 4. The third-order valence-electron chi connectivity index (χ3n) is 4.78. The molecule has 4 rings (SSSR count). The van der Waals surface area contributed by atoms with Crippen LogP contribution in [0.4, 0.5) is 5.69 Å². The number of carbonyl (C=O) groups is 1. The molecule has 3 heterocycles. The number of nitrogens with one attached hydrogen (secondary N) is 1. The summed E-state index contributed by atoms with van der Waals surface area (Å²) in [6.45, 7) is 5.99. The van der Waals surface area contributed by atoms with Gasteiger partial charge in [0.05, 0.1) is 12.0 Å². The van der Waals surface area contributed by atoms with Crippen molar-refractivity contribution in [3.8, 4) is 17.4 Å². The number of anilines is 1. The number of rotatable bonds is 6. The fourth-order valence-electron chi connectivity index (χ4n) is 2.90. The molecule has 0 aliphatic carbocycles. The highest BCUT2D eigenvalue weighted by molar-refractivity contribution is 6.01. The molecular weight excluding hydrogens is 394 g/mol. The Hall–Kier alpha value is -4.20. The fraction of sp³-hybridized carbons (Fsp3) is 0.130. The van der Waals surface area contributed by atoms with Gasteiger partial charge in [0.2, 0.25) is 11.8 Å². The summed E-state index contributed by atoms with van der Waals surface area (Å²) in [6.07, 6.45) is 6.00. The third kappa shape index (κ3) is 4.69. The lowest BCUT2D eigenvalue weighted by atomic mass is 10.2. The number of furan rings is 1. The maximum atomic E-state index is 12.0. The molecule has 4 aromatic rings. The van der Waals surface area contributed by atoms with Gasteiger partial charge < -0.3 is 14.5 Å². The fourth-order valence-corrected chi connectivity index (χ4v) is 2.90. The van der Waals surface area contributed by atoms with E-state index < -0.39 is 0 Å². The summed E-state index contributed by atoms with van der Waals surface area (Å²) in [4.78, 5) is 20.5. The lowest BCUT2D eigenvalue weighted by Gasteiger charge is -2.08. The lowest BCUT2D eigenvalue weighted by Crippen LogP contribution is -2.07. The maximum Gasteiger partial charge on any atom is 0.248 e. The first-order chi connectivity index (χ1) is 15.0. The van der Waals surface area contributed by atoms with Crippen LogP contribution in [0.25, 0.3) is 11.9 Å². The number of benzene rings is 1. The molecule has 3 aromatic heterocycles. The van der Waals surface area contributed by atoms with Gasteiger partial charge in [-0.05, 0) is 68.8 Å². The summed E-state index contributed by atoms with van der Waals surface area (Å²) in [6, 6.07) is 12.3. The number of ether oxygens (including phenoxy) is 1. The van der Waals surface area contributed by atoms with E-state index in [0.717, 1.165) is 17.0 Å². The Balaban J connectivity index is 1.42. The molecule has 0 atom stereocenters. The summed E-state index contributed by atoms with van der Waals surface area (Å²) in [5.41, 5.74) is 3.74. The van der Waals surface area contributed by atoms with E-state index >= 15 is 0 Å². The molecule has 156 valence electrons. The molecule has 0 spiro atoms. The SMILES string of the molecule is Cc1nn(-c2cc(Oc3ccc(NC(=O)/C=C/c4ccco4)cc3)ncn2)c(C)c1C. The second kappa shape index (κ2) is 8.66. The van der Waals surface area contributed by atoms with Gasteiger partial charge in [0.15, 0.2) is 5.82 Å². The summed E-state index contributed by atoms with van der Waals surface area (Å²) < 4.78 is 12.8. The Labute approximate surface area is 179 Å². The third-order valence-corrected chi connectivity index (χ3v) is 4.78. The van der Waals surface area contributed by atoms with Crippen molar-refractivity contribution in [3.05, 3.63) is 83.8 Å². The Bertz CT molecular complexity index is 1220. The molecule has 1 amide bonds. The van der Waals surface area contributed by atoms with E-state index in [2.05, 4.69) is 20.4 Å². The number of nitrogens with zero attached hydrogens (tertiary/aromatic N) is 4. The standard InChI is InChI=1S/C23H21N5O3/c1-15-16(2)27-28(17(15)3)21-13-23(25-14-24-21)31-20-8-6-18(7-9-20)26-22(29)11-10-19-5-4-12-30-19/h4-14H,1-3H3,(H,26,29)/b11-10+. The van der Waals surface area contributed by atoms with Crippen LogP contribution in [0.2, 0.25) is 0 Å². The van der Waals surface area contributed by atoms with Crippen LogP contribution in [0.3, 0.4) is 0 Å². The highest BCUT2D eigenvalue weighted by Gasteiger charge is 2.11. The predicted octanol–water partition coefficient (Wildman–Crippen LogP) is 4.62. The van der Waals surface area contributed by atoms with Gasteiger partial charge in [-0.15, -0.1) is 0 Å². The zero-order valence-electron chi connectivity index (χ0n) is 17.4. The van der Waals surface area contributed by atoms with E-state index in [0.29, 0.717) is 28.9 Å². The molecule has 0 bridgehead atoms. The van der Waals surface area contributed by atoms with Crippen LogP contribution >= 0.6 is 0 Å². The monoisotopic (exact) mass is 415 g/mol. The number of aryl methyl sites for hydroxylation is 1. The lowest BCUT2D eigenvalue weighted by molar-refractivity contribution is -0.111. The number of amides is 1. The topological polar surface area (TPSA) is 95.1 Å². The van der Waals surface area contributed by atoms with Crippen molar-refractivity contribution in [1.29, 1.82) is 0 Å². The summed E-state index contributed by atoms with van der Waals surface area (Å²) >= 11 is 0. The van der Waals surface area contributed by atoms with E-state index in [-0.39, 0.29) is 5.91 Å². The quantitative estimate of drug-likeness (QED) is 0.462. The number of hydrogen-bond acceptors (Lipinski definition) is 6. The molecule has 0 aliphatic rings. The summed E-state index contributed by atoms with van der Waals surface area (Å²) in [5.74, 6) is 1.96. The first-order valence-electron chi connectivity index (χ1n) is 9.65. The first-order valence-corrected chi connectivity index (χ1v) is 9.65. The molecule has 8 nitrogen and oxygen atoms in total. The van der Waals surface area contributed by atoms with Gasteiger partial charge in [-0.3, -0.25) is 4.79 Å². The van der Waals surface area contributed by atoms with Crippen LogP contribution in [0, 0.1) is 20.8 Å². The molecule has 1 N–H and O–H groups in total. The molecule has 0 saturated carbocycles. The summed E-state index contributed by atoms with van der Waals surface area (Å²) in [7, 11) is 0. The van der Waals surface area contributed by atoms with Crippen LogP contribution < -0.4 is 10.1 Å². The van der Waals surface area contributed by atoms with Gasteiger partial charge in [0, 0.05) is 23.5 Å². The predicted molar refractivity (Wildman–Crippen MR) is 116 cm³/mol. The smallest absolute Gasteiger partial charge is 0.248 e. The van der Waals surface area contributed by atoms with E-state index in [1.807, 2.05) is 20.8 Å². The van der Waals surface area contributed by atoms with Crippen molar-refractivity contribution < 1.29 is 13.9 Å². The molecule has 1 aromatic carbocycles. The number of carbonyl (C=O) groups excluding carboxylic acids is 1. The molecule has 0 unspecified atom stereocenters. The van der Waals surface area contributed by atoms with Crippen LogP contribution in [0.1, 0.15) is 22.7 Å². The minimum Gasteiger partial charge on any atom is -0.465 e. The van der Waals surface area contributed by atoms with Gasteiger partial charge in [0.1, 0.15) is 17.8 Å². The van der Waals surface area contributed by atoms with E-state index in [9.17, 15) is 4.79 Å². The van der Waals surface area contributed by atoms with Crippen molar-refractivity contribution in [1.82, 2.24) is 19.7 Å². The second-order valence-corrected chi connectivity index (χ2v) is 6.89. The van der Waals surface area contributed by atoms with Gasteiger partial charge >= 0.3 is 0 Å². The zero-order valence-corrected chi connectivity index (χ0v) is 17.4. The normalized spacial score (nSPS) is 11.1. The molecule has 0 saturated heterocycles. The molecule has 0 aliphatic heterocycles. The van der Waals surface area contributed by atoms with Gasteiger partial charge in [0.25, 0.3) is 0 Å². The minimum atomic E-state index is -0.259. The minimum absolute atomic E-state index is 0.259. The van der Waals surface area contributed by atoms with E-state index in [4.69, 9.17) is 9.15 Å². The van der Waals surface area contributed by atoms with E-state index in [1.54, 1.807) is 59.5 Å². The Morgan fingerprint density at radius 3 is 2.61 bits per heavy atom. The highest BCUT2D eigenvalue weighted by atomic mass is 16.5. The van der Waals surface area contributed by atoms with Gasteiger partial charge in [-0.1, -0.05) is 0 Å². The highest BCUT2D eigenvalue weighted by Crippen LogP contribution is 2.23. The Morgan fingerprint density at radius 1 is 1.13 bits per heavy atom. The first kappa shape index (κ1) is 20.1. The average Bonchev–Trinajstić information content (AvgIpc) is 3.38. The van der Waals surface area contributed by atoms with Crippen molar-refractivity contribution in [2.24, 2.45) is 0 Å². The van der Waals surface area contributed by atoms with Crippen LogP contribution in [0.15, 0.2) is 65.5 Å². The molecule has 31 heavy (non-hydrogen) atoms. The van der Waals surface area contributed by atoms with Gasteiger partial charge in [-0.25, -0.2) is 14.6 Å². The van der Waals surface area contributed by atoms with Crippen molar-refractivity contribution in [2.75, 3.05) is 5.32 Å². The molecule has 8 heteroatoms. The second-order valence-electron chi connectivity index (χ2n) is 6.89. The van der Waals surface area contributed by atoms with Crippen molar-refractivity contribution >= 4 is 17.7 Å². The zero-order chi connectivity index (χ0) is 21.8. The van der Waals surface area contributed by atoms with Crippen LogP contribution in [-0.4, -0.2) is 25.7 Å². The summed E-state index contributed by atoms with van der Waals surface area (Å²) in [5, 5.41) is 7.30. The van der Waals surface area contributed by atoms with Crippen LogP contribution in [-0.2, 0) is 4.79 Å². The Morgan fingerprint density at radius 2 is 1.94 bits per heavy atom. The van der Waals surface area contributed by atoms with Crippen LogP contribution in [0.5, 0.6) is 11.6 Å². The van der Waals surface area contributed by atoms with E-state index in [1.165, 1.54) is 12.4 Å². The Kier molecular flexibility index (Phi) is 5.61. The van der Waals surface area contributed by atoms with Crippen molar-refractivity contribution in [3.63, 3.8) is 0 Å². The maximum absolute atomic E-state index is 12.0.